The van der Waals surface area contributed by atoms with Crippen molar-refractivity contribution < 1.29 is 0 Å². The summed E-state index contributed by atoms with van der Waals surface area (Å²) in [5.74, 6) is 0. The molecule has 0 saturated heterocycles. The number of nitrogens with zero attached hydrogens (tertiary/aromatic N) is 1. The van der Waals surface area contributed by atoms with E-state index in [2.05, 4.69) is 13.1 Å². The van der Waals surface area contributed by atoms with E-state index in [-0.39, 0.29) is 9.68 Å². The molecule has 0 fully saturated rings. The fourth-order valence-corrected chi connectivity index (χ4v) is 1.75. The van der Waals surface area contributed by atoms with E-state index in [0.29, 0.717) is 5.11 Å². The molecule has 0 spiro atoms. The summed E-state index contributed by atoms with van der Waals surface area (Å²) in [5.41, 5.74) is 5.38. The molecule has 0 aliphatic rings. The molecular weight excluding hydrogens is 148 g/mol. The molecule has 0 aliphatic carbocycles. The first-order valence-electron chi connectivity index (χ1n) is 2.87. The van der Waals surface area contributed by atoms with Crippen molar-refractivity contribution in [3.63, 3.8) is 0 Å². The average Bonchev–Trinajstić information content (AvgIpc) is 1.82. The molecule has 0 rings (SSSR count). The summed E-state index contributed by atoms with van der Waals surface area (Å²) in [7, 11) is -0.235. The second kappa shape index (κ2) is 4.52. The molecule has 0 aromatic carbocycles. The van der Waals surface area contributed by atoms with Crippen molar-refractivity contribution >= 4 is 27.0 Å². The second-order valence-electron chi connectivity index (χ2n) is 1.67. The van der Waals surface area contributed by atoms with E-state index < -0.39 is 0 Å². The van der Waals surface area contributed by atoms with Gasteiger partial charge in [-0.05, 0) is 12.2 Å². The van der Waals surface area contributed by atoms with Crippen LogP contribution in [-0.4, -0.2) is 25.9 Å². The van der Waals surface area contributed by atoms with Gasteiger partial charge in [0.05, 0.1) is 0 Å². The van der Waals surface area contributed by atoms with Crippen molar-refractivity contribution in [1.82, 2.24) is 4.57 Å². The Kier molecular flexibility index (Phi) is 4.34. The minimum Gasteiger partial charge on any atom is -0.379 e. The molecular formula is C5H12N2SSi. The average molecular weight is 160 g/mol. The lowest BCUT2D eigenvalue weighted by molar-refractivity contribution is 0.728. The number of thiocarbonyl (C=S) groups is 1. The van der Waals surface area contributed by atoms with E-state index in [9.17, 15) is 0 Å². The van der Waals surface area contributed by atoms with Crippen LogP contribution in [0.4, 0.5) is 0 Å². The van der Waals surface area contributed by atoms with E-state index in [1.54, 1.807) is 0 Å². The highest BCUT2D eigenvalue weighted by Crippen LogP contribution is 1.83. The molecule has 0 atom stereocenters. The summed E-state index contributed by atoms with van der Waals surface area (Å²) in [5, 5.41) is 0.504. The summed E-state index contributed by atoms with van der Waals surface area (Å²) in [6.45, 7) is 6.54. The number of nitrogens with two attached hydrogens (primary N) is 1. The largest absolute Gasteiger partial charge is 0.379 e. The number of hydrogen-bond acceptors (Lipinski definition) is 1. The first kappa shape index (κ1) is 8.65. The maximum absolute atomic E-state index is 5.38. The topological polar surface area (TPSA) is 29.3 Å². The van der Waals surface area contributed by atoms with Gasteiger partial charge in [-0.3, -0.25) is 0 Å². The van der Waals surface area contributed by atoms with Crippen LogP contribution in [0.3, 0.4) is 0 Å². The smallest absolute Gasteiger partial charge is 0.157 e. The van der Waals surface area contributed by atoms with E-state index in [1.807, 2.05) is 10.6 Å². The van der Waals surface area contributed by atoms with Gasteiger partial charge in [-0.1, -0.05) is 12.6 Å². The fraction of sp³-hybridized carbons (Fsp3) is 0.400. The van der Waals surface area contributed by atoms with Crippen LogP contribution in [0, 0.1) is 0 Å². The quantitative estimate of drug-likeness (QED) is 0.354. The van der Waals surface area contributed by atoms with Crippen LogP contribution in [-0.2, 0) is 0 Å². The standard InChI is InChI=1S/C5H12N2SSi/c1-3-4-7(9-2)5(6)8/h3H,1,4,9H2,2H3,(H2,6,8). The molecule has 0 amide bonds. The first-order valence-corrected chi connectivity index (χ1v) is 5.33. The summed E-state index contributed by atoms with van der Waals surface area (Å²) >= 11 is 4.77. The highest BCUT2D eigenvalue weighted by Gasteiger charge is 1.97. The Balaban J connectivity index is 3.67. The van der Waals surface area contributed by atoms with Crippen molar-refractivity contribution in [2.75, 3.05) is 6.54 Å². The molecule has 0 aliphatic heterocycles. The molecule has 0 saturated carbocycles. The van der Waals surface area contributed by atoms with E-state index in [4.69, 9.17) is 18.0 Å². The summed E-state index contributed by atoms with van der Waals surface area (Å²) in [4.78, 5) is 0. The molecule has 0 aromatic heterocycles. The van der Waals surface area contributed by atoms with Gasteiger partial charge in [0.1, 0.15) is 9.68 Å². The second-order valence-corrected chi connectivity index (χ2v) is 3.48. The van der Waals surface area contributed by atoms with Crippen LogP contribution in [0.5, 0.6) is 0 Å². The Morgan fingerprint density at radius 2 is 2.56 bits per heavy atom. The third-order valence-electron chi connectivity index (χ3n) is 1.04. The highest BCUT2D eigenvalue weighted by atomic mass is 32.1. The molecule has 52 valence electrons. The third-order valence-corrected chi connectivity index (χ3v) is 2.89. The predicted octanol–water partition coefficient (Wildman–Crippen LogP) is -0.150. The zero-order valence-corrected chi connectivity index (χ0v) is 7.86. The van der Waals surface area contributed by atoms with Gasteiger partial charge in [-0.25, -0.2) is 0 Å². The van der Waals surface area contributed by atoms with Crippen LogP contribution < -0.4 is 5.73 Å². The molecule has 9 heavy (non-hydrogen) atoms. The first-order chi connectivity index (χ1) is 4.22. The van der Waals surface area contributed by atoms with Gasteiger partial charge < -0.3 is 10.3 Å². The van der Waals surface area contributed by atoms with Gasteiger partial charge in [0.15, 0.2) is 5.11 Å². The Morgan fingerprint density at radius 3 is 2.67 bits per heavy atom. The monoisotopic (exact) mass is 160 g/mol. The lowest BCUT2D eigenvalue weighted by Gasteiger charge is -2.17. The van der Waals surface area contributed by atoms with E-state index in [1.165, 1.54) is 0 Å². The zero-order chi connectivity index (χ0) is 7.28. The molecule has 0 heterocycles. The van der Waals surface area contributed by atoms with Crippen molar-refractivity contribution in [3.8, 4) is 0 Å². The van der Waals surface area contributed by atoms with Gasteiger partial charge in [-0.2, -0.15) is 0 Å². The van der Waals surface area contributed by atoms with Gasteiger partial charge in [-0.15, -0.1) is 6.58 Å². The van der Waals surface area contributed by atoms with Crippen molar-refractivity contribution in [2.24, 2.45) is 5.73 Å². The third kappa shape index (κ3) is 3.26. The number of hydrogen-bond donors (Lipinski definition) is 1. The van der Waals surface area contributed by atoms with Crippen molar-refractivity contribution in [1.29, 1.82) is 0 Å². The minimum atomic E-state index is -0.235. The van der Waals surface area contributed by atoms with Gasteiger partial charge in [0, 0.05) is 6.54 Å². The van der Waals surface area contributed by atoms with Crippen molar-refractivity contribution in [2.45, 2.75) is 6.55 Å². The van der Waals surface area contributed by atoms with Crippen LogP contribution >= 0.6 is 12.2 Å². The Bertz CT molecular complexity index is 116. The van der Waals surface area contributed by atoms with Gasteiger partial charge in [0.25, 0.3) is 0 Å². The lowest BCUT2D eigenvalue weighted by Crippen LogP contribution is -2.37. The molecule has 0 radical (unpaired) electrons. The van der Waals surface area contributed by atoms with Crippen LogP contribution in [0.1, 0.15) is 0 Å². The Labute approximate surface area is 63.6 Å². The summed E-state index contributed by atoms with van der Waals surface area (Å²) < 4.78 is 2.00. The van der Waals surface area contributed by atoms with Gasteiger partial charge >= 0.3 is 0 Å². The molecule has 2 nitrogen and oxygen atoms in total. The maximum Gasteiger partial charge on any atom is 0.157 e. The fourth-order valence-electron chi connectivity index (χ4n) is 0.531. The molecule has 4 heteroatoms. The Morgan fingerprint density at radius 1 is 2.00 bits per heavy atom. The zero-order valence-electron chi connectivity index (χ0n) is 5.63. The van der Waals surface area contributed by atoms with E-state index in [0.717, 1.165) is 6.54 Å². The van der Waals surface area contributed by atoms with Crippen LogP contribution in [0.15, 0.2) is 12.7 Å². The SMILES string of the molecule is C=CCN([SiH2]C)C(N)=S. The summed E-state index contributed by atoms with van der Waals surface area (Å²) in [6.07, 6.45) is 1.82. The number of rotatable bonds is 3. The van der Waals surface area contributed by atoms with Crippen molar-refractivity contribution in [3.05, 3.63) is 12.7 Å². The molecule has 0 unspecified atom stereocenters. The van der Waals surface area contributed by atoms with E-state index >= 15 is 0 Å². The predicted molar refractivity (Wildman–Crippen MR) is 48.1 cm³/mol. The normalized spacial score (nSPS) is 9.89. The maximum atomic E-state index is 5.38. The van der Waals surface area contributed by atoms with Crippen LogP contribution in [0.2, 0.25) is 6.55 Å². The minimum absolute atomic E-state index is 0.235. The molecule has 0 aromatic rings. The summed E-state index contributed by atoms with van der Waals surface area (Å²) in [6, 6.07) is 0. The van der Waals surface area contributed by atoms with Crippen LogP contribution in [0.25, 0.3) is 0 Å². The molecule has 0 bridgehead atoms. The lowest BCUT2D eigenvalue weighted by atomic mass is 10.6. The molecule has 2 N–H and O–H groups in total. The Hall–Kier alpha value is -0.353. The van der Waals surface area contributed by atoms with Gasteiger partial charge in [0.2, 0.25) is 0 Å². The highest BCUT2D eigenvalue weighted by molar-refractivity contribution is 7.80.